The summed E-state index contributed by atoms with van der Waals surface area (Å²) in [6.07, 6.45) is 2.22. The molecule has 2 rings (SSSR count). The van der Waals surface area contributed by atoms with Gasteiger partial charge in [-0.2, -0.15) is 0 Å². The van der Waals surface area contributed by atoms with Crippen LogP contribution in [0, 0.1) is 3.57 Å². The molecule has 0 saturated heterocycles. The van der Waals surface area contributed by atoms with Crippen LogP contribution in [0.3, 0.4) is 0 Å². The van der Waals surface area contributed by atoms with Crippen LogP contribution in [0.15, 0.2) is 48.5 Å². The maximum atomic E-state index is 13.6. The minimum absolute atomic E-state index is 0.158. The van der Waals surface area contributed by atoms with Crippen molar-refractivity contribution in [2.75, 3.05) is 30.8 Å². The van der Waals surface area contributed by atoms with Gasteiger partial charge in [-0.05, 0) is 77.4 Å². The molecular weight excluding hydrogens is 569 g/mol. The summed E-state index contributed by atoms with van der Waals surface area (Å²) < 4.78 is 32.4. The van der Waals surface area contributed by atoms with Crippen molar-refractivity contribution in [1.82, 2.24) is 10.2 Å². The van der Waals surface area contributed by atoms with Crippen molar-refractivity contribution < 1.29 is 22.7 Å². The number of rotatable bonds is 12. The number of halogens is 1. The zero-order valence-electron chi connectivity index (χ0n) is 20.0. The highest BCUT2D eigenvalue weighted by atomic mass is 127. The van der Waals surface area contributed by atoms with Gasteiger partial charge in [0.25, 0.3) is 0 Å². The van der Waals surface area contributed by atoms with E-state index in [9.17, 15) is 18.0 Å². The van der Waals surface area contributed by atoms with Crippen molar-refractivity contribution in [3.05, 3.63) is 57.7 Å². The lowest BCUT2D eigenvalue weighted by Crippen LogP contribution is -2.52. The number of anilines is 1. The Balaban J connectivity index is 2.40. The van der Waals surface area contributed by atoms with Crippen molar-refractivity contribution in [2.45, 2.75) is 39.3 Å². The molecule has 10 heteroatoms. The van der Waals surface area contributed by atoms with Crippen molar-refractivity contribution in [1.29, 1.82) is 0 Å². The maximum Gasteiger partial charge on any atom is 0.244 e. The van der Waals surface area contributed by atoms with E-state index in [1.807, 2.05) is 26.0 Å². The lowest BCUT2D eigenvalue weighted by molar-refractivity contribution is -0.140. The summed E-state index contributed by atoms with van der Waals surface area (Å²) in [5.41, 5.74) is 1.19. The lowest BCUT2D eigenvalue weighted by Gasteiger charge is -2.33. The molecule has 0 saturated carbocycles. The van der Waals surface area contributed by atoms with Gasteiger partial charge in [-0.15, -0.1) is 0 Å². The molecule has 0 radical (unpaired) electrons. The van der Waals surface area contributed by atoms with Gasteiger partial charge in [0.2, 0.25) is 21.8 Å². The fourth-order valence-corrected chi connectivity index (χ4v) is 4.64. The third kappa shape index (κ3) is 7.86. The molecule has 2 aromatic rings. The summed E-state index contributed by atoms with van der Waals surface area (Å²) in [5.74, 6) is -0.0407. The number of amides is 2. The van der Waals surface area contributed by atoms with E-state index in [1.54, 1.807) is 43.5 Å². The van der Waals surface area contributed by atoms with E-state index in [4.69, 9.17) is 4.74 Å². The molecule has 0 fully saturated rings. The van der Waals surface area contributed by atoms with Crippen molar-refractivity contribution in [3.8, 4) is 5.75 Å². The van der Waals surface area contributed by atoms with Crippen molar-refractivity contribution >= 4 is 50.1 Å². The smallest absolute Gasteiger partial charge is 0.244 e. The highest BCUT2D eigenvalue weighted by Gasteiger charge is 2.31. The summed E-state index contributed by atoms with van der Waals surface area (Å²) >= 11 is 2.13. The summed E-state index contributed by atoms with van der Waals surface area (Å²) in [5, 5.41) is 2.86. The van der Waals surface area contributed by atoms with E-state index >= 15 is 0 Å². The molecule has 2 amide bonds. The first-order valence-corrected chi connectivity index (χ1v) is 14.0. The first kappa shape index (κ1) is 27.9. The topological polar surface area (TPSA) is 96.0 Å². The fourth-order valence-electron chi connectivity index (χ4n) is 3.43. The van der Waals surface area contributed by atoms with E-state index < -0.39 is 28.5 Å². The number of carbonyl (C=O) groups is 2. The van der Waals surface area contributed by atoms with Gasteiger partial charge in [0.05, 0.1) is 19.1 Å². The average Bonchev–Trinajstić information content (AvgIpc) is 2.81. The summed E-state index contributed by atoms with van der Waals surface area (Å²) in [6, 6.07) is 13.4. The number of hydrogen-bond donors (Lipinski definition) is 1. The Morgan fingerprint density at radius 1 is 1.06 bits per heavy atom. The van der Waals surface area contributed by atoms with E-state index in [2.05, 4.69) is 27.9 Å². The van der Waals surface area contributed by atoms with Gasteiger partial charge in [-0.25, -0.2) is 8.42 Å². The lowest BCUT2D eigenvalue weighted by atomic mass is 10.1. The minimum atomic E-state index is -3.74. The fraction of sp³-hybridized carbons (Fsp3) is 0.417. The number of nitrogens with one attached hydrogen (secondary N) is 1. The molecule has 1 atom stereocenters. The Kier molecular flexibility index (Phi) is 10.6. The second kappa shape index (κ2) is 12.9. The van der Waals surface area contributed by atoms with Gasteiger partial charge >= 0.3 is 0 Å². The van der Waals surface area contributed by atoms with Crippen LogP contribution in [0.25, 0.3) is 0 Å². The number of nitrogens with zero attached hydrogens (tertiary/aromatic N) is 2. The van der Waals surface area contributed by atoms with Gasteiger partial charge in [-0.3, -0.25) is 13.9 Å². The minimum Gasteiger partial charge on any atom is -0.497 e. The van der Waals surface area contributed by atoms with Crippen LogP contribution in [0.4, 0.5) is 5.69 Å². The summed E-state index contributed by atoms with van der Waals surface area (Å²) in [6.45, 7) is 4.03. The van der Waals surface area contributed by atoms with E-state index in [1.165, 1.54) is 4.90 Å². The van der Waals surface area contributed by atoms with Gasteiger partial charge in [0, 0.05) is 16.7 Å². The van der Waals surface area contributed by atoms with Gasteiger partial charge in [-0.1, -0.05) is 26.0 Å². The van der Waals surface area contributed by atoms with Crippen LogP contribution in [0.2, 0.25) is 0 Å². The molecule has 0 bridgehead atoms. The number of sulfonamides is 1. The second-order valence-electron chi connectivity index (χ2n) is 7.83. The first-order valence-electron chi connectivity index (χ1n) is 11.0. The largest absolute Gasteiger partial charge is 0.497 e. The maximum absolute atomic E-state index is 13.6. The molecule has 186 valence electrons. The number of carbonyl (C=O) groups excluding carboxylic acids is 2. The molecule has 0 aromatic heterocycles. The van der Waals surface area contributed by atoms with Crippen LogP contribution >= 0.6 is 22.6 Å². The standard InChI is InChI=1S/C24H32IN3O5S/c1-5-15-26-24(30)22(6-2)27(16-18-7-13-21(33-3)14-8-18)23(29)17-28(34(4,31)32)20-11-9-19(25)10-12-20/h7-14,22H,5-6,15-17H2,1-4H3,(H,26,30)/t22-/m0/s1. The van der Waals surface area contributed by atoms with Crippen LogP contribution in [-0.2, 0) is 26.2 Å². The average molecular weight is 602 g/mol. The van der Waals surface area contributed by atoms with E-state index in [0.717, 1.165) is 26.1 Å². The summed E-state index contributed by atoms with van der Waals surface area (Å²) in [4.78, 5) is 27.9. The van der Waals surface area contributed by atoms with Gasteiger partial charge < -0.3 is 15.0 Å². The Morgan fingerprint density at radius 2 is 1.68 bits per heavy atom. The van der Waals surface area contributed by atoms with Gasteiger partial charge in [0.1, 0.15) is 18.3 Å². The third-order valence-corrected chi connectivity index (χ3v) is 7.10. The number of benzene rings is 2. The van der Waals surface area contributed by atoms with E-state index in [0.29, 0.717) is 24.4 Å². The van der Waals surface area contributed by atoms with Crippen LogP contribution in [-0.4, -0.2) is 57.6 Å². The predicted octanol–water partition coefficient (Wildman–Crippen LogP) is 3.40. The highest BCUT2D eigenvalue weighted by molar-refractivity contribution is 14.1. The van der Waals surface area contributed by atoms with Crippen LogP contribution < -0.4 is 14.4 Å². The number of methoxy groups -OCH3 is 1. The van der Waals surface area contributed by atoms with E-state index in [-0.39, 0.29) is 12.5 Å². The molecule has 1 N–H and O–H groups in total. The molecule has 34 heavy (non-hydrogen) atoms. The molecular formula is C24H32IN3O5S. The van der Waals surface area contributed by atoms with Gasteiger partial charge in [0.15, 0.2) is 0 Å². The summed E-state index contributed by atoms with van der Waals surface area (Å²) in [7, 11) is -2.17. The number of hydrogen-bond acceptors (Lipinski definition) is 5. The molecule has 0 unspecified atom stereocenters. The normalized spacial score (nSPS) is 12.0. The quantitative estimate of drug-likeness (QED) is 0.377. The SMILES string of the molecule is CCCNC(=O)[C@H](CC)N(Cc1ccc(OC)cc1)C(=O)CN(c1ccc(I)cc1)S(C)(=O)=O. The second-order valence-corrected chi connectivity index (χ2v) is 11.0. The highest BCUT2D eigenvalue weighted by Crippen LogP contribution is 2.21. The van der Waals surface area contributed by atoms with Crippen LogP contribution in [0.5, 0.6) is 5.75 Å². The van der Waals surface area contributed by atoms with Crippen molar-refractivity contribution in [3.63, 3.8) is 0 Å². The Labute approximate surface area is 215 Å². The Bertz CT molecular complexity index is 1060. The zero-order valence-corrected chi connectivity index (χ0v) is 22.9. The molecule has 0 aliphatic rings. The molecule has 0 heterocycles. The first-order chi connectivity index (χ1) is 16.1. The predicted molar refractivity (Wildman–Crippen MR) is 142 cm³/mol. The Hall–Kier alpha value is -2.34. The molecule has 0 spiro atoms. The monoisotopic (exact) mass is 601 g/mol. The van der Waals surface area contributed by atoms with Crippen molar-refractivity contribution in [2.24, 2.45) is 0 Å². The molecule has 8 nitrogen and oxygen atoms in total. The zero-order chi connectivity index (χ0) is 25.3. The molecule has 0 aliphatic heterocycles. The number of ether oxygens (including phenoxy) is 1. The molecule has 2 aromatic carbocycles. The molecule has 0 aliphatic carbocycles. The third-order valence-electron chi connectivity index (χ3n) is 5.24. The Morgan fingerprint density at radius 3 is 2.18 bits per heavy atom. The van der Waals surface area contributed by atoms with Crippen LogP contribution in [0.1, 0.15) is 32.3 Å².